The highest BCUT2D eigenvalue weighted by atomic mass is 16.5. The number of ether oxygens (including phenoxy) is 1. The van der Waals surface area contributed by atoms with E-state index in [0.29, 0.717) is 42.3 Å². The monoisotopic (exact) mass is 491 g/mol. The molecule has 2 N–H and O–H groups in total. The number of methoxy groups -OCH3 is 1. The van der Waals surface area contributed by atoms with Gasteiger partial charge in [0.15, 0.2) is 5.82 Å². The van der Waals surface area contributed by atoms with Crippen molar-refractivity contribution in [3.8, 4) is 17.3 Å². The highest BCUT2D eigenvalue weighted by Crippen LogP contribution is 2.38. The third-order valence-corrected chi connectivity index (χ3v) is 7.31. The molecule has 1 atom stereocenters. The molecule has 1 saturated heterocycles. The second kappa shape index (κ2) is 8.61. The van der Waals surface area contributed by atoms with Gasteiger partial charge in [-0.15, -0.1) is 0 Å². The van der Waals surface area contributed by atoms with E-state index < -0.39 is 6.09 Å². The van der Waals surface area contributed by atoms with Crippen molar-refractivity contribution in [2.45, 2.75) is 38.3 Å². The van der Waals surface area contributed by atoms with Crippen LogP contribution in [0.4, 0.5) is 4.79 Å². The predicted octanol–water partition coefficient (Wildman–Crippen LogP) is 4.08. The minimum Gasteiger partial charge on any atom is -0.494 e. The van der Waals surface area contributed by atoms with Crippen LogP contribution in [0, 0.1) is 5.92 Å². The lowest BCUT2D eigenvalue weighted by atomic mass is 10.0. The Morgan fingerprint density at radius 3 is 2.83 bits per heavy atom. The molecule has 4 aromatic rings. The number of aryl methyl sites for hydroxylation is 1. The number of furan rings is 1. The summed E-state index contributed by atoms with van der Waals surface area (Å²) in [6.45, 7) is 1.81. The number of carbonyl (C=O) groups excluding carboxylic acids is 1. The summed E-state index contributed by atoms with van der Waals surface area (Å²) >= 11 is 0. The Morgan fingerprint density at radius 2 is 2.08 bits per heavy atom. The third kappa shape index (κ3) is 3.86. The number of hydrogen-bond donors (Lipinski definition) is 2. The van der Waals surface area contributed by atoms with E-state index in [2.05, 4.69) is 16.0 Å². The van der Waals surface area contributed by atoms with E-state index in [-0.39, 0.29) is 11.9 Å². The Bertz CT molecular complexity index is 1480. The van der Waals surface area contributed by atoms with Crippen LogP contribution in [-0.2, 0) is 13.6 Å². The molecule has 0 spiro atoms. The topological polar surface area (TPSA) is 115 Å². The summed E-state index contributed by atoms with van der Waals surface area (Å²) in [5.74, 6) is 1.85. The molecule has 10 nitrogen and oxygen atoms in total. The van der Waals surface area contributed by atoms with Crippen molar-refractivity contribution >= 4 is 34.1 Å². The summed E-state index contributed by atoms with van der Waals surface area (Å²) in [4.78, 5) is 31.1. The number of amides is 2. The lowest BCUT2D eigenvalue weighted by molar-refractivity contribution is 0.0692. The van der Waals surface area contributed by atoms with Gasteiger partial charge in [0.25, 0.3) is 5.91 Å². The molecule has 1 aliphatic heterocycles. The smallest absolute Gasteiger partial charge is 0.404 e. The Kier molecular flexibility index (Phi) is 5.39. The SMILES string of the molecule is COc1cc(C(=O)N2CCCC(NC(=O)O)C2)cc2nc(-c3cc4ccoc4n3CC3CC3)n(C)c12. The largest absolute Gasteiger partial charge is 0.494 e. The second-order valence-electron chi connectivity index (χ2n) is 9.85. The number of nitrogens with zero attached hydrogens (tertiary/aromatic N) is 4. The van der Waals surface area contributed by atoms with Gasteiger partial charge in [-0.2, -0.15) is 0 Å². The van der Waals surface area contributed by atoms with Gasteiger partial charge in [0.2, 0.25) is 5.71 Å². The molecule has 1 saturated carbocycles. The van der Waals surface area contributed by atoms with E-state index in [0.717, 1.165) is 41.1 Å². The number of carboxylic acid groups (broad SMARTS) is 1. The molecular formula is C26H29N5O5. The normalized spacial score (nSPS) is 18.2. The van der Waals surface area contributed by atoms with Crippen LogP contribution in [0.15, 0.2) is 34.9 Å². The summed E-state index contributed by atoms with van der Waals surface area (Å²) in [6.07, 6.45) is 4.54. The fourth-order valence-electron chi connectivity index (χ4n) is 5.36. The summed E-state index contributed by atoms with van der Waals surface area (Å²) in [6, 6.07) is 7.34. The first-order valence-electron chi connectivity index (χ1n) is 12.3. The molecule has 188 valence electrons. The van der Waals surface area contributed by atoms with Crippen molar-refractivity contribution in [2.75, 3.05) is 20.2 Å². The van der Waals surface area contributed by atoms with E-state index >= 15 is 0 Å². The van der Waals surface area contributed by atoms with Crippen molar-refractivity contribution in [3.05, 3.63) is 36.1 Å². The van der Waals surface area contributed by atoms with E-state index in [1.54, 1.807) is 30.4 Å². The molecule has 3 aromatic heterocycles. The number of fused-ring (bicyclic) bond motifs is 2. The zero-order valence-corrected chi connectivity index (χ0v) is 20.4. The number of piperidine rings is 1. The second-order valence-corrected chi connectivity index (χ2v) is 9.85. The van der Waals surface area contributed by atoms with Crippen LogP contribution in [0.1, 0.15) is 36.0 Å². The lowest BCUT2D eigenvalue weighted by Crippen LogP contribution is -2.49. The van der Waals surface area contributed by atoms with Crippen molar-refractivity contribution in [1.82, 2.24) is 24.3 Å². The van der Waals surface area contributed by atoms with Crippen LogP contribution in [0.5, 0.6) is 5.75 Å². The number of hydrogen-bond acceptors (Lipinski definition) is 5. The van der Waals surface area contributed by atoms with Gasteiger partial charge in [0.05, 0.1) is 24.6 Å². The fourth-order valence-corrected chi connectivity index (χ4v) is 5.36. The third-order valence-electron chi connectivity index (χ3n) is 7.31. The first kappa shape index (κ1) is 22.5. The van der Waals surface area contributed by atoms with Crippen LogP contribution in [-0.4, -0.2) is 62.4 Å². The molecule has 0 radical (unpaired) electrons. The molecule has 1 aromatic carbocycles. The van der Waals surface area contributed by atoms with Gasteiger partial charge in [-0.3, -0.25) is 4.79 Å². The number of carbonyl (C=O) groups is 2. The Balaban J connectivity index is 1.39. The van der Waals surface area contributed by atoms with Crippen molar-refractivity contribution in [1.29, 1.82) is 0 Å². The molecule has 10 heteroatoms. The first-order valence-corrected chi connectivity index (χ1v) is 12.3. The van der Waals surface area contributed by atoms with Crippen LogP contribution < -0.4 is 10.1 Å². The molecule has 2 fully saturated rings. The first-order chi connectivity index (χ1) is 17.4. The molecule has 2 amide bonds. The molecule has 36 heavy (non-hydrogen) atoms. The summed E-state index contributed by atoms with van der Waals surface area (Å²) in [5, 5.41) is 12.6. The number of nitrogens with one attached hydrogen (secondary N) is 1. The molecule has 6 rings (SSSR count). The minimum absolute atomic E-state index is 0.158. The highest BCUT2D eigenvalue weighted by molar-refractivity contribution is 6.00. The maximum absolute atomic E-state index is 13.4. The molecule has 1 aliphatic carbocycles. The van der Waals surface area contributed by atoms with Crippen LogP contribution in [0.25, 0.3) is 33.7 Å². The quantitative estimate of drug-likeness (QED) is 0.420. The van der Waals surface area contributed by atoms with Gasteiger partial charge < -0.3 is 33.6 Å². The van der Waals surface area contributed by atoms with E-state index in [1.807, 2.05) is 17.7 Å². The van der Waals surface area contributed by atoms with Crippen LogP contribution in [0.3, 0.4) is 0 Å². The summed E-state index contributed by atoms with van der Waals surface area (Å²) in [5.41, 5.74) is 3.78. The zero-order valence-electron chi connectivity index (χ0n) is 20.4. The Hall–Kier alpha value is -3.95. The van der Waals surface area contributed by atoms with Gasteiger partial charge in [-0.05, 0) is 55.9 Å². The molecular weight excluding hydrogens is 462 g/mol. The van der Waals surface area contributed by atoms with E-state index in [1.165, 1.54) is 12.8 Å². The van der Waals surface area contributed by atoms with E-state index in [4.69, 9.17) is 19.2 Å². The maximum atomic E-state index is 13.4. The average molecular weight is 492 g/mol. The average Bonchev–Trinajstić information content (AvgIpc) is 3.31. The number of rotatable bonds is 6. The van der Waals surface area contributed by atoms with Gasteiger partial charge >= 0.3 is 6.09 Å². The number of likely N-dealkylation sites (tertiary alicyclic amines) is 1. The lowest BCUT2D eigenvalue weighted by Gasteiger charge is -2.32. The summed E-state index contributed by atoms with van der Waals surface area (Å²) in [7, 11) is 3.55. The van der Waals surface area contributed by atoms with Crippen molar-refractivity contribution in [2.24, 2.45) is 13.0 Å². The zero-order chi connectivity index (χ0) is 25.0. The van der Waals surface area contributed by atoms with Crippen molar-refractivity contribution in [3.63, 3.8) is 0 Å². The molecule has 0 bridgehead atoms. The van der Waals surface area contributed by atoms with Crippen LogP contribution >= 0.6 is 0 Å². The maximum Gasteiger partial charge on any atom is 0.404 e. The Labute approximate surface area is 207 Å². The molecule has 1 unspecified atom stereocenters. The van der Waals surface area contributed by atoms with Crippen molar-refractivity contribution < 1.29 is 23.8 Å². The van der Waals surface area contributed by atoms with Crippen LogP contribution in [0.2, 0.25) is 0 Å². The number of imidazole rings is 1. The minimum atomic E-state index is -1.07. The molecule has 2 aliphatic rings. The van der Waals surface area contributed by atoms with Gasteiger partial charge in [-0.1, -0.05) is 0 Å². The summed E-state index contributed by atoms with van der Waals surface area (Å²) < 4.78 is 15.7. The fraction of sp³-hybridized carbons (Fsp3) is 0.423. The van der Waals surface area contributed by atoms with E-state index in [9.17, 15) is 9.59 Å². The highest BCUT2D eigenvalue weighted by Gasteiger charge is 2.29. The predicted molar refractivity (Wildman–Crippen MR) is 133 cm³/mol. The number of aromatic nitrogens is 3. The number of benzene rings is 1. The van der Waals surface area contributed by atoms with Gasteiger partial charge in [0, 0.05) is 43.7 Å². The standard InChI is InChI=1S/C26H29N5O5/c1-29-22-19(28-23(29)20-11-16-7-9-36-25(16)31(20)13-15-5-6-15)10-17(12-21(22)35-2)24(32)30-8-3-4-18(14-30)27-26(33)34/h7,9-12,15,18,27H,3-6,8,13-14H2,1-2H3,(H,33,34). The van der Waals surface area contributed by atoms with Gasteiger partial charge in [0.1, 0.15) is 11.3 Å². The van der Waals surface area contributed by atoms with Gasteiger partial charge in [-0.25, -0.2) is 9.78 Å². The Morgan fingerprint density at radius 1 is 1.25 bits per heavy atom. The molecule has 4 heterocycles.